The van der Waals surface area contributed by atoms with Gasteiger partial charge in [0.25, 0.3) is 0 Å². The first-order valence-electron chi connectivity index (χ1n) is 7.95. The van der Waals surface area contributed by atoms with Gasteiger partial charge in [-0.05, 0) is 38.3 Å². The molecule has 1 aromatic rings. The Morgan fingerprint density at radius 3 is 2.00 bits per heavy atom. The molecule has 0 aliphatic rings. The van der Waals surface area contributed by atoms with Gasteiger partial charge < -0.3 is 5.11 Å². The van der Waals surface area contributed by atoms with Crippen molar-refractivity contribution >= 4 is 17.3 Å². The first-order chi connectivity index (χ1) is 9.68. The lowest BCUT2D eigenvalue weighted by Gasteiger charge is -2.02. The molecule has 0 saturated carbocycles. The number of hydrogen-bond acceptors (Lipinski definition) is 2. The Hall–Kier alpha value is -0.830. The van der Waals surface area contributed by atoms with Crippen LogP contribution in [0.3, 0.4) is 0 Å². The zero-order valence-electron chi connectivity index (χ0n) is 12.7. The van der Waals surface area contributed by atoms with Gasteiger partial charge in [0.2, 0.25) is 0 Å². The van der Waals surface area contributed by atoms with Gasteiger partial charge in [-0.2, -0.15) is 0 Å². The van der Waals surface area contributed by atoms with Crippen LogP contribution in [0.5, 0.6) is 0 Å². The number of rotatable bonds is 12. The highest BCUT2D eigenvalue weighted by molar-refractivity contribution is 7.11. The quantitative estimate of drug-likeness (QED) is 0.511. The van der Waals surface area contributed by atoms with Crippen LogP contribution in [0, 0.1) is 6.92 Å². The number of carboxylic acid groups (broad SMARTS) is 1. The van der Waals surface area contributed by atoms with E-state index < -0.39 is 5.97 Å². The highest BCUT2D eigenvalue weighted by Crippen LogP contribution is 2.18. The third kappa shape index (κ3) is 9.13. The van der Waals surface area contributed by atoms with Crippen molar-refractivity contribution < 1.29 is 9.90 Å². The van der Waals surface area contributed by atoms with E-state index >= 15 is 0 Å². The summed E-state index contributed by atoms with van der Waals surface area (Å²) in [4.78, 5) is 13.3. The van der Waals surface area contributed by atoms with E-state index in [0.29, 0.717) is 6.42 Å². The summed E-state index contributed by atoms with van der Waals surface area (Å²) in [5.41, 5.74) is 0. The van der Waals surface area contributed by atoms with Crippen LogP contribution in [-0.4, -0.2) is 11.1 Å². The lowest BCUT2D eigenvalue weighted by atomic mass is 10.1. The second-order valence-electron chi connectivity index (χ2n) is 5.59. The van der Waals surface area contributed by atoms with Crippen LogP contribution < -0.4 is 0 Å². The number of hydrogen-bond donors (Lipinski definition) is 1. The van der Waals surface area contributed by atoms with Crippen LogP contribution >= 0.6 is 11.3 Å². The van der Waals surface area contributed by atoms with Crippen molar-refractivity contribution in [2.75, 3.05) is 0 Å². The summed E-state index contributed by atoms with van der Waals surface area (Å²) < 4.78 is 0. The standard InChI is InChI=1S/C17H28O2S/c1-15-13-14-16(20-15)11-9-7-5-3-2-4-6-8-10-12-17(18)19/h13-14H,2-12H2,1H3,(H,18,19). The van der Waals surface area contributed by atoms with Gasteiger partial charge >= 0.3 is 5.97 Å². The van der Waals surface area contributed by atoms with E-state index in [4.69, 9.17) is 5.11 Å². The van der Waals surface area contributed by atoms with Crippen molar-refractivity contribution in [1.29, 1.82) is 0 Å². The molecule has 0 spiro atoms. The molecular weight excluding hydrogens is 268 g/mol. The maximum absolute atomic E-state index is 10.3. The summed E-state index contributed by atoms with van der Waals surface area (Å²) in [5, 5.41) is 8.52. The largest absolute Gasteiger partial charge is 0.481 e. The molecule has 0 atom stereocenters. The zero-order valence-corrected chi connectivity index (χ0v) is 13.5. The smallest absolute Gasteiger partial charge is 0.303 e. The van der Waals surface area contributed by atoms with E-state index in [1.807, 2.05) is 11.3 Å². The Morgan fingerprint density at radius 1 is 0.950 bits per heavy atom. The number of aliphatic carboxylic acids is 1. The Morgan fingerprint density at radius 2 is 1.50 bits per heavy atom. The minimum absolute atomic E-state index is 0.336. The van der Waals surface area contributed by atoms with Crippen LogP contribution in [0.2, 0.25) is 0 Å². The molecule has 1 aromatic heterocycles. The van der Waals surface area contributed by atoms with Crippen LogP contribution in [0.4, 0.5) is 0 Å². The first-order valence-corrected chi connectivity index (χ1v) is 8.77. The summed E-state index contributed by atoms with van der Waals surface area (Å²) in [6.07, 6.45) is 12.6. The van der Waals surface area contributed by atoms with Gasteiger partial charge in [-0.1, -0.05) is 44.9 Å². The monoisotopic (exact) mass is 296 g/mol. The summed E-state index contributed by atoms with van der Waals surface area (Å²) in [6.45, 7) is 2.17. The molecule has 3 heteroatoms. The molecule has 1 heterocycles. The normalized spacial score (nSPS) is 10.8. The van der Waals surface area contributed by atoms with E-state index in [2.05, 4.69) is 19.1 Å². The summed E-state index contributed by atoms with van der Waals surface area (Å²) in [7, 11) is 0. The van der Waals surface area contributed by atoms with Crippen molar-refractivity contribution in [2.24, 2.45) is 0 Å². The molecule has 0 aliphatic carbocycles. The van der Waals surface area contributed by atoms with Crippen LogP contribution in [-0.2, 0) is 11.2 Å². The average Bonchev–Trinajstić information content (AvgIpc) is 2.81. The molecule has 0 saturated heterocycles. The molecular formula is C17H28O2S. The third-order valence-corrected chi connectivity index (χ3v) is 4.67. The van der Waals surface area contributed by atoms with Gasteiger partial charge in [-0.15, -0.1) is 11.3 Å². The Bertz CT molecular complexity index is 371. The van der Waals surface area contributed by atoms with E-state index in [1.54, 1.807) is 0 Å². The van der Waals surface area contributed by atoms with Crippen molar-refractivity contribution in [3.8, 4) is 0 Å². The number of carboxylic acids is 1. The van der Waals surface area contributed by atoms with Crippen molar-refractivity contribution in [3.63, 3.8) is 0 Å². The van der Waals surface area contributed by atoms with Crippen LogP contribution in [0.15, 0.2) is 12.1 Å². The van der Waals surface area contributed by atoms with E-state index in [1.165, 1.54) is 61.1 Å². The maximum Gasteiger partial charge on any atom is 0.303 e. The molecule has 0 aromatic carbocycles. The maximum atomic E-state index is 10.3. The Kier molecular flexibility index (Phi) is 9.38. The topological polar surface area (TPSA) is 37.3 Å². The fraction of sp³-hybridized carbons (Fsp3) is 0.706. The second kappa shape index (κ2) is 10.9. The molecule has 0 radical (unpaired) electrons. The Labute approximate surface area is 127 Å². The molecule has 0 bridgehead atoms. The molecule has 0 fully saturated rings. The number of carbonyl (C=O) groups is 1. The first kappa shape index (κ1) is 17.2. The molecule has 114 valence electrons. The highest BCUT2D eigenvalue weighted by atomic mass is 32.1. The van der Waals surface area contributed by atoms with Gasteiger partial charge in [-0.3, -0.25) is 4.79 Å². The van der Waals surface area contributed by atoms with Gasteiger partial charge in [-0.25, -0.2) is 0 Å². The molecule has 1 N–H and O–H groups in total. The predicted octanol–water partition coefficient (Wildman–Crippen LogP) is 5.58. The van der Waals surface area contributed by atoms with E-state index in [0.717, 1.165) is 12.8 Å². The lowest BCUT2D eigenvalue weighted by Crippen LogP contribution is -1.93. The minimum atomic E-state index is -0.661. The second-order valence-corrected chi connectivity index (χ2v) is 6.96. The molecule has 2 nitrogen and oxygen atoms in total. The molecule has 0 aliphatic heterocycles. The summed E-state index contributed by atoms with van der Waals surface area (Å²) in [6, 6.07) is 4.47. The third-order valence-electron chi connectivity index (χ3n) is 3.61. The number of unbranched alkanes of at least 4 members (excludes halogenated alkanes) is 8. The van der Waals surface area contributed by atoms with Gasteiger partial charge in [0.15, 0.2) is 0 Å². The molecule has 0 amide bonds. The van der Waals surface area contributed by atoms with Crippen molar-refractivity contribution in [2.45, 2.75) is 77.6 Å². The fourth-order valence-corrected chi connectivity index (χ4v) is 3.36. The SMILES string of the molecule is Cc1ccc(CCCCCCCCCCCC(=O)O)s1. The summed E-state index contributed by atoms with van der Waals surface area (Å²) >= 11 is 1.93. The van der Waals surface area contributed by atoms with Gasteiger partial charge in [0, 0.05) is 16.2 Å². The average molecular weight is 296 g/mol. The van der Waals surface area contributed by atoms with Gasteiger partial charge in [0.1, 0.15) is 0 Å². The van der Waals surface area contributed by atoms with E-state index in [-0.39, 0.29) is 0 Å². The minimum Gasteiger partial charge on any atom is -0.481 e. The Balaban J connectivity index is 1.80. The van der Waals surface area contributed by atoms with Crippen molar-refractivity contribution in [3.05, 3.63) is 21.9 Å². The lowest BCUT2D eigenvalue weighted by molar-refractivity contribution is -0.137. The molecule has 0 unspecified atom stereocenters. The highest BCUT2D eigenvalue weighted by Gasteiger charge is 1.98. The molecule has 1 rings (SSSR count). The predicted molar refractivity (Wildman–Crippen MR) is 86.6 cm³/mol. The van der Waals surface area contributed by atoms with E-state index in [9.17, 15) is 4.79 Å². The number of thiophene rings is 1. The molecule has 20 heavy (non-hydrogen) atoms. The summed E-state index contributed by atoms with van der Waals surface area (Å²) in [5.74, 6) is -0.661. The fourth-order valence-electron chi connectivity index (χ4n) is 2.43. The van der Waals surface area contributed by atoms with Crippen molar-refractivity contribution in [1.82, 2.24) is 0 Å². The van der Waals surface area contributed by atoms with Crippen LogP contribution in [0.25, 0.3) is 0 Å². The zero-order chi connectivity index (χ0) is 14.6. The number of aryl methyl sites for hydroxylation is 2. The van der Waals surface area contributed by atoms with Gasteiger partial charge in [0.05, 0.1) is 0 Å². The van der Waals surface area contributed by atoms with Crippen LogP contribution in [0.1, 0.15) is 74.0 Å².